The molecule has 0 saturated carbocycles. The van der Waals surface area contributed by atoms with Crippen molar-refractivity contribution < 1.29 is 13.2 Å². The van der Waals surface area contributed by atoms with Crippen LogP contribution in [-0.2, 0) is 20.2 Å². The maximum atomic E-state index is 12.6. The van der Waals surface area contributed by atoms with Crippen LogP contribution in [-0.4, -0.2) is 28.2 Å². The fourth-order valence-corrected chi connectivity index (χ4v) is 4.43. The van der Waals surface area contributed by atoms with Crippen LogP contribution >= 0.6 is 0 Å². The lowest BCUT2D eigenvalue weighted by Gasteiger charge is -2.33. The van der Waals surface area contributed by atoms with Gasteiger partial charge < -0.3 is 4.74 Å². The van der Waals surface area contributed by atoms with Crippen LogP contribution < -0.4 is 4.72 Å². The van der Waals surface area contributed by atoms with Crippen LogP contribution in [0, 0.1) is 0 Å². The Morgan fingerprint density at radius 3 is 2.29 bits per heavy atom. The van der Waals surface area contributed by atoms with E-state index in [0.717, 1.165) is 25.9 Å². The van der Waals surface area contributed by atoms with Crippen molar-refractivity contribution in [2.24, 2.45) is 0 Å². The van der Waals surface area contributed by atoms with E-state index in [1.165, 1.54) is 5.56 Å². The van der Waals surface area contributed by atoms with E-state index in [1.807, 2.05) is 24.3 Å². The number of ether oxygens (including phenoxy) is 1. The van der Waals surface area contributed by atoms with Crippen LogP contribution in [0.2, 0.25) is 0 Å². The van der Waals surface area contributed by atoms with Gasteiger partial charge in [0.25, 0.3) is 0 Å². The predicted molar refractivity (Wildman–Crippen MR) is 94.4 cm³/mol. The van der Waals surface area contributed by atoms with Gasteiger partial charge in [0.1, 0.15) is 0 Å². The fraction of sp³-hybridized carbons (Fsp3) is 0.368. The summed E-state index contributed by atoms with van der Waals surface area (Å²) in [5.74, 6) is 0. The highest BCUT2D eigenvalue weighted by atomic mass is 32.2. The summed E-state index contributed by atoms with van der Waals surface area (Å²) < 4.78 is 33.6. The van der Waals surface area contributed by atoms with Crippen LogP contribution in [0.4, 0.5) is 0 Å². The molecule has 1 aliphatic rings. The topological polar surface area (TPSA) is 55.4 Å². The van der Waals surface area contributed by atoms with Crippen molar-refractivity contribution in [1.82, 2.24) is 4.72 Å². The van der Waals surface area contributed by atoms with E-state index in [9.17, 15) is 8.42 Å². The minimum absolute atomic E-state index is 0.223. The molecule has 2 aromatic rings. The number of rotatable bonds is 5. The molecule has 5 heteroatoms. The lowest BCUT2D eigenvalue weighted by Crippen LogP contribution is -2.41. The molecule has 1 fully saturated rings. The van der Waals surface area contributed by atoms with Crippen molar-refractivity contribution in [1.29, 1.82) is 0 Å². The lowest BCUT2D eigenvalue weighted by atomic mass is 9.75. The van der Waals surface area contributed by atoms with Gasteiger partial charge >= 0.3 is 0 Å². The third-order valence-corrected chi connectivity index (χ3v) is 6.13. The van der Waals surface area contributed by atoms with Gasteiger partial charge in [-0.15, -0.1) is 0 Å². The third kappa shape index (κ3) is 3.86. The number of nitrogens with one attached hydrogen (secondary N) is 1. The summed E-state index contributed by atoms with van der Waals surface area (Å²) in [4.78, 5) is 0.304. The molecule has 0 aromatic heterocycles. The molecule has 1 heterocycles. The van der Waals surface area contributed by atoms with Crippen LogP contribution in [0.25, 0.3) is 0 Å². The average molecular weight is 345 g/mol. The van der Waals surface area contributed by atoms with Gasteiger partial charge in [0, 0.05) is 25.2 Å². The van der Waals surface area contributed by atoms with Gasteiger partial charge in [0.05, 0.1) is 4.90 Å². The molecule has 0 aliphatic carbocycles. The highest BCUT2D eigenvalue weighted by Gasteiger charge is 2.34. The summed E-state index contributed by atoms with van der Waals surface area (Å²) in [6, 6.07) is 18.7. The van der Waals surface area contributed by atoms with E-state index in [0.29, 0.717) is 18.0 Å². The first kappa shape index (κ1) is 17.1. The van der Waals surface area contributed by atoms with E-state index in [2.05, 4.69) is 16.9 Å². The van der Waals surface area contributed by atoms with Crippen molar-refractivity contribution in [3.8, 4) is 0 Å². The van der Waals surface area contributed by atoms with Crippen LogP contribution in [0.15, 0.2) is 65.6 Å². The molecule has 3 rings (SSSR count). The molecule has 0 spiro atoms. The summed E-state index contributed by atoms with van der Waals surface area (Å²) in [5.41, 5.74) is 0.950. The molecule has 1 saturated heterocycles. The molecule has 0 bridgehead atoms. The normalized spacial score (nSPS) is 22.0. The summed E-state index contributed by atoms with van der Waals surface area (Å²) >= 11 is 0. The van der Waals surface area contributed by atoms with E-state index < -0.39 is 10.0 Å². The smallest absolute Gasteiger partial charge is 0.240 e. The fourth-order valence-electron chi connectivity index (χ4n) is 3.28. The van der Waals surface area contributed by atoms with Gasteiger partial charge in [-0.05, 0) is 37.0 Å². The van der Waals surface area contributed by atoms with Gasteiger partial charge in [0.15, 0.2) is 0 Å². The van der Waals surface area contributed by atoms with E-state index >= 15 is 0 Å². The highest BCUT2D eigenvalue weighted by molar-refractivity contribution is 7.89. The molecule has 1 aliphatic heterocycles. The molecule has 1 N–H and O–H groups in total. The Labute approximate surface area is 143 Å². The molecule has 0 amide bonds. The maximum Gasteiger partial charge on any atom is 0.240 e. The lowest BCUT2D eigenvalue weighted by molar-refractivity contribution is 0.139. The molecule has 0 radical (unpaired) electrons. The highest BCUT2D eigenvalue weighted by Crippen LogP contribution is 2.34. The monoisotopic (exact) mass is 345 g/mol. The first-order valence-corrected chi connectivity index (χ1v) is 9.79. The second-order valence-electron chi connectivity index (χ2n) is 6.25. The first-order valence-electron chi connectivity index (χ1n) is 8.30. The second kappa shape index (κ2) is 7.47. The molecule has 1 atom stereocenters. The summed E-state index contributed by atoms with van der Waals surface area (Å²) in [6.07, 6.45) is 2.66. The van der Waals surface area contributed by atoms with Gasteiger partial charge in [-0.25, -0.2) is 13.1 Å². The molecule has 128 valence electrons. The number of sulfonamides is 1. The van der Waals surface area contributed by atoms with Crippen LogP contribution in [0.1, 0.15) is 24.8 Å². The number of hydrogen-bond acceptors (Lipinski definition) is 3. The van der Waals surface area contributed by atoms with Gasteiger partial charge in [-0.3, -0.25) is 0 Å². The van der Waals surface area contributed by atoms with E-state index in [-0.39, 0.29) is 5.41 Å². The molecule has 2 aromatic carbocycles. The van der Waals surface area contributed by atoms with E-state index in [1.54, 1.807) is 24.3 Å². The second-order valence-corrected chi connectivity index (χ2v) is 8.02. The molecule has 1 unspecified atom stereocenters. The number of benzene rings is 2. The number of hydrogen-bond donors (Lipinski definition) is 1. The zero-order chi connectivity index (χ0) is 16.9. The quantitative estimate of drug-likeness (QED) is 0.906. The molecular formula is C19H23NO3S. The Morgan fingerprint density at radius 2 is 1.58 bits per heavy atom. The Morgan fingerprint density at radius 1 is 0.917 bits per heavy atom. The zero-order valence-electron chi connectivity index (χ0n) is 13.6. The Balaban J connectivity index is 1.85. The minimum Gasteiger partial charge on any atom is -0.381 e. The van der Waals surface area contributed by atoms with Crippen LogP contribution in [0.3, 0.4) is 0 Å². The van der Waals surface area contributed by atoms with Crippen molar-refractivity contribution in [3.05, 3.63) is 66.2 Å². The minimum atomic E-state index is -3.51. The zero-order valence-corrected chi connectivity index (χ0v) is 14.5. The average Bonchev–Trinajstić information content (AvgIpc) is 2.88. The Bertz CT molecular complexity index is 737. The summed E-state index contributed by atoms with van der Waals surface area (Å²) in [5, 5.41) is 0. The van der Waals surface area contributed by atoms with E-state index in [4.69, 9.17) is 4.74 Å². The molecule has 4 nitrogen and oxygen atoms in total. The largest absolute Gasteiger partial charge is 0.381 e. The van der Waals surface area contributed by atoms with Crippen molar-refractivity contribution in [2.75, 3.05) is 19.8 Å². The van der Waals surface area contributed by atoms with Crippen LogP contribution in [0.5, 0.6) is 0 Å². The van der Waals surface area contributed by atoms with Crippen molar-refractivity contribution in [3.63, 3.8) is 0 Å². The third-order valence-electron chi connectivity index (χ3n) is 4.71. The molecular weight excluding hydrogens is 322 g/mol. The Kier molecular flexibility index (Phi) is 5.33. The first-order chi connectivity index (χ1) is 11.6. The van der Waals surface area contributed by atoms with Gasteiger partial charge in [-0.2, -0.15) is 0 Å². The van der Waals surface area contributed by atoms with Gasteiger partial charge in [0.2, 0.25) is 10.0 Å². The SMILES string of the molecule is O=S(=O)(NCC1(c2ccccc2)CCCOCC1)c1ccccc1. The standard InChI is InChI=1S/C19H23NO3S/c21-24(22,18-10-5-2-6-11-18)20-16-19(12-7-14-23-15-13-19)17-8-3-1-4-9-17/h1-6,8-11,20H,7,12-16H2. The Hall–Kier alpha value is -1.69. The summed E-state index contributed by atoms with van der Waals surface area (Å²) in [7, 11) is -3.51. The van der Waals surface area contributed by atoms with Crippen molar-refractivity contribution in [2.45, 2.75) is 29.6 Å². The summed E-state index contributed by atoms with van der Waals surface area (Å²) in [6.45, 7) is 1.78. The predicted octanol–water partition coefficient (Wildman–Crippen LogP) is 3.10. The molecule has 24 heavy (non-hydrogen) atoms. The van der Waals surface area contributed by atoms with Crippen molar-refractivity contribution >= 4 is 10.0 Å². The van der Waals surface area contributed by atoms with Gasteiger partial charge in [-0.1, -0.05) is 48.5 Å². The maximum absolute atomic E-state index is 12.6.